The van der Waals surface area contributed by atoms with E-state index >= 15 is 0 Å². The van der Waals surface area contributed by atoms with E-state index in [1.54, 1.807) is 0 Å². The summed E-state index contributed by atoms with van der Waals surface area (Å²) in [6.45, 7) is 8.45. The number of aliphatic imine (C=N–C) groups is 1. The zero-order valence-corrected chi connectivity index (χ0v) is 21.4. The first-order valence-electron chi connectivity index (χ1n) is 12.6. The summed E-state index contributed by atoms with van der Waals surface area (Å²) in [5, 5.41) is 1.10. The van der Waals surface area contributed by atoms with Crippen molar-refractivity contribution in [3.05, 3.63) is 78.4 Å². The van der Waals surface area contributed by atoms with Crippen molar-refractivity contribution in [1.29, 1.82) is 0 Å². The van der Waals surface area contributed by atoms with Crippen molar-refractivity contribution in [3.63, 3.8) is 0 Å². The number of fused-ring (bicyclic) bond motifs is 1. The van der Waals surface area contributed by atoms with Crippen LogP contribution in [-0.4, -0.2) is 26.7 Å². The normalized spacial score (nSPS) is 15.4. The number of imidazole rings is 1. The summed E-state index contributed by atoms with van der Waals surface area (Å²) >= 11 is 0. The number of benzene rings is 2. The quantitative estimate of drug-likeness (QED) is 0.298. The minimum atomic E-state index is -0.120. The van der Waals surface area contributed by atoms with E-state index in [2.05, 4.69) is 91.2 Å². The van der Waals surface area contributed by atoms with Crippen LogP contribution < -0.4 is 11.5 Å². The molecule has 1 aliphatic rings. The summed E-state index contributed by atoms with van der Waals surface area (Å²) in [6.07, 6.45) is 4.60. The molecule has 0 saturated heterocycles. The molecule has 0 spiro atoms. The molecule has 6 nitrogen and oxygen atoms in total. The second-order valence-corrected chi connectivity index (χ2v) is 10.4. The van der Waals surface area contributed by atoms with Crippen molar-refractivity contribution in [2.45, 2.75) is 46.2 Å². The average molecular weight is 479 g/mol. The molecule has 0 amide bonds. The van der Waals surface area contributed by atoms with Crippen LogP contribution in [0.5, 0.6) is 0 Å². The van der Waals surface area contributed by atoms with Gasteiger partial charge in [-0.25, -0.2) is 9.97 Å². The van der Waals surface area contributed by atoms with E-state index < -0.39 is 0 Å². The van der Waals surface area contributed by atoms with E-state index in [0.29, 0.717) is 11.8 Å². The second kappa shape index (κ2) is 9.80. The number of nitrogens with one attached hydrogen (secondary N) is 1. The minimum absolute atomic E-state index is 0.0117. The fourth-order valence-electron chi connectivity index (χ4n) is 4.50. The lowest BCUT2D eigenvalue weighted by Crippen LogP contribution is -2.34. The van der Waals surface area contributed by atoms with E-state index in [0.717, 1.165) is 45.8 Å². The molecule has 2 atom stereocenters. The van der Waals surface area contributed by atoms with Crippen LogP contribution in [0, 0.1) is 11.8 Å². The van der Waals surface area contributed by atoms with Gasteiger partial charge in [0.05, 0.1) is 29.1 Å². The molecule has 36 heavy (non-hydrogen) atoms. The zero-order chi connectivity index (χ0) is 25.4. The maximum atomic E-state index is 6.29. The van der Waals surface area contributed by atoms with Crippen molar-refractivity contribution >= 4 is 22.2 Å². The molecular formula is C30H34N6. The van der Waals surface area contributed by atoms with Gasteiger partial charge >= 0.3 is 0 Å². The number of aromatic nitrogens is 3. The molecule has 4 aromatic rings. The molecule has 0 aliphatic carbocycles. The first kappa shape index (κ1) is 24.1. The van der Waals surface area contributed by atoms with Gasteiger partial charge in [0.1, 0.15) is 5.82 Å². The van der Waals surface area contributed by atoms with Crippen LogP contribution in [0.2, 0.25) is 0 Å². The number of rotatable bonds is 7. The Balaban J connectivity index is 1.33. The number of pyridine rings is 1. The van der Waals surface area contributed by atoms with Gasteiger partial charge in [-0.1, -0.05) is 64.1 Å². The molecule has 3 heterocycles. The van der Waals surface area contributed by atoms with Crippen LogP contribution in [-0.2, 0) is 0 Å². The van der Waals surface area contributed by atoms with Gasteiger partial charge in [0.2, 0.25) is 0 Å². The maximum absolute atomic E-state index is 6.29. The number of H-pyrrole nitrogens is 1. The largest absolute Gasteiger partial charge is 0.339 e. The highest BCUT2D eigenvalue weighted by atomic mass is 15.0. The Bertz CT molecular complexity index is 1440. The molecule has 184 valence electrons. The number of hydrogen-bond acceptors (Lipinski definition) is 5. The summed E-state index contributed by atoms with van der Waals surface area (Å²) in [4.78, 5) is 17.2. The molecule has 6 heteroatoms. The Labute approximate surface area is 212 Å². The Morgan fingerprint density at radius 1 is 0.806 bits per heavy atom. The van der Waals surface area contributed by atoms with E-state index in [-0.39, 0.29) is 12.1 Å². The van der Waals surface area contributed by atoms with Gasteiger partial charge in [0.15, 0.2) is 0 Å². The molecule has 1 aliphatic heterocycles. The number of nitrogens with two attached hydrogens (primary N) is 2. The third-order valence-electron chi connectivity index (χ3n) is 7.04. The SMILES string of the molecule is CC(C)[C@H](N)C1=NC=C(c2ccc(-c3ccc4nc(-c5cnc([C@@H](N)C(C)C)[nH]5)ccc4c3)cc2)C1. The highest BCUT2D eigenvalue weighted by Crippen LogP contribution is 2.30. The molecular weight excluding hydrogens is 444 g/mol. The highest BCUT2D eigenvalue weighted by molar-refractivity contribution is 6.01. The summed E-state index contributed by atoms with van der Waals surface area (Å²) < 4.78 is 0. The Hall–Kier alpha value is -3.61. The number of hydrogen-bond donors (Lipinski definition) is 3. The van der Waals surface area contributed by atoms with E-state index in [1.807, 2.05) is 18.5 Å². The topological polar surface area (TPSA) is 106 Å². The lowest BCUT2D eigenvalue weighted by atomic mass is 9.93. The summed E-state index contributed by atoms with van der Waals surface area (Å²) in [7, 11) is 0. The molecule has 0 radical (unpaired) electrons. The van der Waals surface area contributed by atoms with Gasteiger partial charge in [-0.05, 0) is 52.3 Å². The first-order valence-corrected chi connectivity index (χ1v) is 12.6. The van der Waals surface area contributed by atoms with Crippen molar-refractivity contribution < 1.29 is 0 Å². The van der Waals surface area contributed by atoms with Crippen LogP contribution in [0.3, 0.4) is 0 Å². The highest BCUT2D eigenvalue weighted by Gasteiger charge is 2.20. The average Bonchev–Trinajstić information content (AvgIpc) is 3.58. The lowest BCUT2D eigenvalue weighted by molar-refractivity contribution is 0.494. The van der Waals surface area contributed by atoms with Gasteiger partial charge in [0, 0.05) is 29.8 Å². The van der Waals surface area contributed by atoms with E-state index in [9.17, 15) is 0 Å². The van der Waals surface area contributed by atoms with Crippen molar-refractivity contribution in [3.8, 4) is 22.5 Å². The molecule has 5 rings (SSSR count). The van der Waals surface area contributed by atoms with Crippen LogP contribution >= 0.6 is 0 Å². The third-order valence-corrected chi connectivity index (χ3v) is 7.04. The number of nitrogens with zero attached hydrogens (tertiary/aromatic N) is 3. The van der Waals surface area contributed by atoms with Crippen LogP contribution in [0.1, 0.15) is 51.5 Å². The molecule has 0 saturated carbocycles. The molecule has 0 unspecified atom stereocenters. The van der Waals surface area contributed by atoms with E-state index in [1.165, 1.54) is 16.7 Å². The smallest absolute Gasteiger partial charge is 0.123 e. The van der Waals surface area contributed by atoms with Gasteiger partial charge in [-0.3, -0.25) is 4.99 Å². The van der Waals surface area contributed by atoms with Crippen LogP contribution in [0.4, 0.5) is 0 Å². The third kappa shape index (κ3) is 4.74. The number of aromatic amines is 1. The fourth-order valence-corrected chi connectivity index (χ4v) is 4.50. The second-order valence-electron chi connectivity index (χ2n) is 10.4. The molecule has 2 aromatic heterocycles. The molecule has 2 aromatic carbocycles. The van der Waals surface area contributed by atoms with Crippen molar-refractivity contribution in [2.75, 3.05) is 0 Å². The van der Waals surface area contributed by atoms with Crippen LogP contribution in [0.15, 0.2) is 72.0 Å². The summed E-state index contributed by atoms with van der Waals surface area (Å²) in [6, 6.07) is 19.1. The van der Waals surface area contributed by atoms with E-state index in [4.69, 9.17) is 16.5 Å². The van der Waals surface area contributed by atoms with Gasteiger partial charge in [-0.15, -0.1) is 0 Å². The number of allylic oxidation sites excluding steroid dienone is 1. The summed E-state index contributed by atoms with van der Waals surface area (Å²) in [5.41, 5.74) is 21.0. The standard InChI is InChI=1S/C30H34N6/c1-17(2)28(31)26-14-23(15-33-26)20-7-5-19(6-8-20)21-9-11-24-22(13-21)10-12-25(35-24)27-16-34-30(36-27)29(32)18(3)4/h5-13,15-18,28-29H,14,31-32H2,1-4H3,(H,34,36)/t28-,29-/m0/s1. The van der Waals surface area contributed by atoms with Crippen molar-refractivity contribution in [2.24, 2.45) is 28.3 Å². The maximum Gasteiger partial charge on any atom is 0.123 e. The lowest BCUT2D eigenvalue weighted by Gasteiger charge is -2.16. The summed E-state index contributed by atoms with van der Waals surface area (Å²) in [5.74, 6) is 1.49. The van der Waals surface area contributed by atoms with Gasteiger partial charge < -0.3 is 16.5 Å². The Morgan fingerprint density at radius 3 is 2.22 bits per heavy atom. The Kier molecular flexibility index (Phi) is 6.56. The van der Waals surface area contributed by atoms with Gasteiger partial charge in [-0.2, -0.15) is 0 Å². The fraction of sp³-hybridized carbons (Fsp3) is 0.300. The van der Waals surface area contributed by atoms with Crippen LogP contribution in [0.25, 0.3) is 39.0 Å². The van der Waals surface area contributed by atoms with Gasteiger partial charge in [0.25, 0.3) is 0 Å². The first-order chi connectivity index (χ1) is 17.3. The molecule has 0 bridgehead atoms. The minimum Gasteiger partial charge on any atom is -0.339 e. The molecule has 0 fully saturated rings. The molecule has 5 N–H and O–H groups in total. The Morgan fingerprint density at radius 2 is 1.50 bits per heavy atom. The predicted molar refractivity (Wildman–Crippen MR) is 149 cm³/mol. The zero-order valence-electron chi connectivity index (χ0n) is 21.4. The van der Waals surface area contributed by atoms with Crippen molar-refractivity contribution in [1.82, 2.24) is 15.0 Å². The predicted octanol–water partition coefficient (Wildman–Crippen LogP) is 6.12. The monoisotopic (exact) mass is 478 g/mol.